The van der Waals surface area contributed by atoms with E-state index in [9.17, 15) is 0 Å². The monoisotopic (exact) mass is 481 g/mol. The molecular weight excluding hydrogens is 412 g/mol. The SMILES string of the molecule is CCCCCCCCCCCC(N)CCCCCCCCC(N)CCCCCCCCCCC. The molecule has 0 amide bonds. The van der Waals surface area contributed by atoms with Crippen LogP contribution in [0.3, 0.4) is 0 Å². The molecule has 2 unspecified atom stereocenters. The Morgan fingerprint density at radius 2 is 0.471 bits per heavy atom. The van der Waals surface area contributed by atoms with Gasteiger partial charge in [0, 0.05) is 12.1 Å². The lowest BCUT2D eigenvalue weighted by atomic mass is 9.99. The van der Waals surface area contributed by atoms with Crippen molar-refractivity contribution in [1.82, 2.24) is 0 Å². The van der Waals surface area contributed by atoms with E-state index in [4.69, 9.17) is 11.5 Å². The Balaban J connectivity index is 3.24. The van der Waals surface area contributed by atoms with E-state index < -0.39 is 0 Å². The van der Waals surface area contributed by atoms with Crippen molar-refractivity contribution in [2.75, 3.05) is 0 Å². The van der Waals surface area contributed by atoms with Crippen molar-refractivity contribution >= 4 is 0 Å². The van der Waals surface area contributed by atoms with Gasteiger partial charge in [-0.3, -0.25) is 0 Å². The van der Waals surface area contributed by atoms with Gasteiger partial charge in [-0.05, 0) is 25.7 Å². The molecule has 2 nitrogen and oxygen atoms in total. The predicted octanol–water partition coefficient (Wildman–Crippen LogP) is 10.6. The molecule has 0 aromatic rings. The molecule has 206 valence electrons. The molecule has 0 aliphatic heterocycles. The Bertz CT molecular complexity index is 323. The first-order chi connectivity index (χ1) is 16.7. The number of hydrogen-bond acceptors (Lipinski definition) is 2. The first-order valence-electron chi connectivity index (χ1n) is 16.2. The highest BCUT2D eigenvalue weighted by molar-refractivity contribution is 4.64. The summed E-state index contributed by atoms with van der Waals surface area (Å²) in [6.07, 6.45) is 38.5. The van der Waals surface area contributed by atoms with Crippen LogP contribution in [-0.2, 0) is 0 Å². The van der Waals surface area contributed by atoms with Crippen molar-refractivity contribution in [1.29, 1.82) is 0 Å². The van der Waals surface area contributed by atoms with Gasteiger partial charge in [0.1, 0.15) is 0 Å². The summed E-state index contributed by atoms with van der Waals surface area (Å²) in [4.78, 5) is 0. The molecule has 0 saturated heterocycles. The van der Waals surface area contributed by atoms with Crippen LogP contribution in [0.2, 0.25) is 0 Å². The average Bonchev–Trinajstić information content (AvgIpc) is 2.83. The first kappa shape index (κ1) is 33.9. The van der Waals surface area contributed by atoms with Gasteiger partial charge in [-0.2, -0.15) is 0 Å². The summed E-state index contributed by atoms with van der Waals surface area (Å²) in [5.74, 6) is 0. The lowest BCUT2D eigenvalue weighted by molar-refractivity contribution is 0.468. The summed E-state index contributed by atoms with van der Waals surface area (Å²) in [5, 5.41) is 0. The van der Waals surface area contributed by atoms with Gasteiger partial charge in [-0.25, -0.2) is 0 Å². The molecule has 0 rings (SSSR count). The van der Waals surface area contributed by atoms with Gasteiger partial charge in [0.15, 0.2) is 0 Å². The zero-order valence-corrected chi connectivity index (χ0v) is 24.1. The number of unbranched alkanes of at least 4 members (excludes halogenated alkanes) is 21. The lowest BCUT2D eigenvalue weighted by Crippen LogP contribution is -2.19. The molecule has 2 heteroatoms. The van der Waals surface area contributed by atoms with E-state index in [1.807, 2.05) is 0 Å². The van der Waals surface area contributed by atoms with Crippen molar-refractivity contribution in [2.24, 2.45) is 11.5 Å². The molecule has 0 radical (unpaired) electrons. The zero-order valence-electron chi connectivity index (χ0n) is 24.1. The molecule has 0 aliphatic carbocycles. The molecule has 0 fully saturated rings. The molecule has 0 saturated carbocycles. The van der Waals surface area contributed by atoms with Crippen LogP contribution in [0.1, 0.15) is 194 Å². The van der Waals surface area contributed by atoms with E-state index in [2.05, 4.69) is 13.8 Å². The molecule has 0 aliphatic rings. The second-order valence-corrected chi connectivity index (χ2v) is 11.5. The molecule has 0 aromatic heterocycles. The minimum Gasteiger partial charge on any atom is -0.328 e. The van der Waals surface area contributed by atoms with Crippen LogP contribution in [0.25, 0.3) is 0 Å². The summed E-state index contributed by atoms with van der Waals surface area (Å²) in [7, 11) is 0. The molecule has 34 heavy (non-hydrogen) atoms. The quantitative estimate of drug-likeness (QED) is 0.105. The van der Waals surface area contributed by atoms with Crippen molar-refractivity contribution in [2.45, 2.75) is 206 Å². The van der Waals surface area contributed by atoms with Gasteiger partial charge in [0.2, 0.25) is 0 Å². The molecule has 0 aromatic carbocycles. The van der Waals surface area contributed by atoms with Crippen molar-refractivity contribution < 1.29 is 0 Å². The second kappa shape index (κ2) is 29.2. The maximum Gasteiger partial charge on any atom is 0.00388 e. The van der Waals surface area contributed by atoms with Gasteiger partial charge >= 0.3 is 0 Å². The van der Waals surface area contributed by atoms with Crippen LogP contribution >= 0.6 is 0 Å². The first-order valence-corrected chi connectivity index (χ1v) is 16.2. The molecule has 4 N–H and O–H groups in total. The van der Waals surface area contributed by atoms with Crippen LogP contribution in [0.15, 0.2) is 0 Å². The van der Waals surface area contributed by atoms with Crippen LogP contribution in [0, 0.1) is 0 Å². The summed E-state index contributed by atoms with van der Waals surface area (Å²) in [6.45, 7) is 4.58. The number of rotatable bonds is 29. The molecule has 0 spiro atoms. The number of nitrogens with two attached hydrogens (primary N) is 2. The van der Waals surface area contributed by atoms with Crippen molar-refractivity contribution in [3.63, 3.8) is 0 Å². The van der Waals surface area contributed by atoms with Crippen LogP contribution < -0.4 is 11.5 Å². The summed E-state index contributed by atoms with van der Waals surface area (Å²) in [6, 6.07) is 0.896. The van der Waals surface area contributed by atoms with Gasteiger partial charge in [-0.15, -0.1) is 0 Å². The van der Waals surface area contributed by atoms with E-state index in [-0.39, 0.29) is 0 Å². The minimum absolute atomic E-state index is 0.448. The van der Waals surface area contributed by atoms with E-state index in [0.717, 1.165) is 0 Å². The Hall–Kier alpha value is -0.0800. The summed E-state index contributed by atoms with van der Waals surface area (Å²) < 4.78 is 0. The van der Waals surface area contributed by atoms with Crippen LogP contribution in [-0.4, -0.2) is 12.1 Å². The Labute approximate surface area is 217 Å². The van der Waals surface area contributed by atoms with Crippen molar-refractivity contribution in [3.05, 3.63) is 0 Å². The Morgan fingerprint density at radius 3 is 0.676 bits per heavy atom. The van der Waals surface area contributed by atoms with Gasteiger partial charge < -0.3 is 11.5 Å². The highest BCUT2D eigenvalue weighted by Gasteiger charge is 2.04. The third-order valence-electron chi connectivity index (χ3n) is 7.76. The van der Waals surface area contributed by atoms with Crippen molar-refractivity contribution in [3.8, 4) is 0 Å². The molecule has 0 bridgehead atoms. The zero-order chi connectivity index (χ0) is 25.0. The smallest absolute Gasteiger partial charge is 0.00388 e. The van der Waals surface area contributed by atoms with Gasteiger partial charge in [-0.1, -0.05) is 168 Å². The van der Waals surface area contributed by atoms with Gasteiger partial charge in [0.05, 0.1) is 0 Å². The normalized spacial score (nSPS) is 13.4. The van der Waals surface area contributed by atoms with Crippen LogP contribution in [0.4, 0.5) is 0 Å². The number of hydrogen-bond donors (Lipinski definition) is 2. The highest BCUT2D eigenvalue weighted by Crippen LogP contribution is 2.16. The topological polar surface area (TPSA) is 52.0 Å². The average molecular weight is 481 g/mol. The standard InChI is InChI=1S/C32H68N2/c1-3-5-7-9-11-13-15-19-23-27-31(33)29-25-21-17-18-22-26-30-32(34)28-24-20-16-14-12-10-8-6-4-2/h31-32H,3-30,33-34H2,1-2H3. The van der Waals surface area contributed by atoms with E-state index in [1.165, 1.54) is 180 Å². The summed E-state index contributed by atoms with van der Waals surface area (Å²) >= 11 is 0. The predicted molar refractivity (Wildman–Crippen MR) is 157 cm³/mol. The lowest BCUT2D eigenvalue weighted by Gasteiger charge is -2.12. The highest BCUT2D eigenvalue weighted by atomic mass is 14.6. The maximum absolute atomic E-state index is 6.34. The van der Waals surface area contributed by atoms with E-state index >= 15 is 0 Å². The fraction of sp³-hybridized carbons (Fsp3) is 1.00. The molecule has 2 atom stereocenters. The van der Waals surface area contributed by atoms with E-state index in [1.54, 1.807) is 0 Å². The fourth-order valence-corrected chi connectivity index (χ4v) is 5.24. The summed E-state index contributed by atoms with van der Waals surface area (Å²) in [5.41, 5.74) is 12.7. The Morgan fingerprint density at radius 1 is 0.294 bits per heavy atom. The molecular formula is C32H68N2. The maximum atomic E-state index is 6.34. The largest absolute Gasteiger partial charge is 0.328 e. The Kier molecular flexibility index (Phi) is 29.1. The fourth-order valence-electron chi connectivity index (χ4n) is 5.24. The van der Waals surface area contributed by atoms with Crippen LogP contribution in [0.5, 0.6) is 0 Å². The minimum atomic E-state index is 0.448. The molecule has 0 heterocycles. The third-order valence-corrected chi connectivity index (χ3v) is 7.76. The third kappa shape index (κ3) is 28.2. The van der Waals surface area contributed by atoms with E-state index in [0.29, 0.717) is 12.1 Å². The second-order valence-electron chi connectivity index (χ2n) is 11.5. The van der Waals surface area contributed by atoms with Gasteiger partial charge in [0.25, 0.3) is 0 Å².